The second-order valence-corrected chi connectivity index (χ2v) is 6.08. The zero-order valence-electron chi connectivity index (χ0n) is 14.4. The smallest absolute Gasteiger partial charge is 0.243 e. The van der Waals surface area contributed by atoms with Crippen molar-refractivity contribution in [1.29, 1.82) is 0 Å². The van der Waals surface area contributed by atoms with E-state index in [4.69, 9.17) is 0 Å². The van der Waals surface area contributed by atoms with Crippen molar-refractivity contribution in [2.75, 3.05) is 0 Å². The molecule has 0 radical (unpaired) electrons. The third-order valence-electron chi connectivity index (χ3n) is 3.74. The molecule has 0 saturated carbocycles. The topological polar surface area (TPSA) is 88.9 Å². The van der Waals surface area contributed by atoms with Crippen LogP contribution in [0.2, 0.25) is 0 Å². The fraction of sp³-hybridized carbons (Fsp3) is 0.412. The molecule has 0 aliphatic carbocycles. The van der Waals surface area contributed by atoms with E-state index in [2.05, 4.69) is 20.7 Å². The van der Waals surface area contributed by atoms with Crippen molar-refractivity contribution in [2.24, 2.45) is 5.92 Å². The maximum atomic E-state index is 12.4. The highest BCUT2D eigenvalue weighted by Crippen LogP contribution is 2.16. The summed E-state index contributed by atoms with van der Waals surface area (Å²) in [6, 6.07) is 6.99. The Morgan fingerprint density at radius 1 is 1.08 bits per heavy atom. The first-order valence-electron chi connectivity index (χ1n) is 7.91. The second-order valence-electron chi connectivity index (χ2n) is 6.08. The van der Waals surface area contributed by atoms with Gasteiger partial charge in [-0.1, -0.05) is 26.0 Å². The number of hydrogen-bond acceptors (Lipinski definition) is 4. The van der Waals surface area contributed by atoms with Gasteiger partial charge >= 0.3 is 0 Å². The Kier molecular flexibility index (Phi) is 5.68. The first-order chi connectivity index (χ1) is 11.4. The van der Waals surface area contributed by atoms with Crippen LogP contribution in [0.25, 0.3) is 5.69 Å². The first-order valence-corrected chi connectivity index (χ1v) is 7.91. The van der Waals surface area contributed by atoms with Gasteiger partial charge < -0.3 is 10.6 Å². The van der Waals surface area contributed by atoms with Crippen molar-refractivity contribution in [3.05, 3.63) is 42.5 Å². The summed E-state index contributed by atoms with van der Waals surface area (Å²) < 4.78 is 1.67. The fourth-order valence-corrected chi connectivity index (χ4v) is 2.40. The molecule has 0 saturated heterocycles. The van der Waals surface area contributed by atoms with Gasteiger partial charge in [0.1, 0.15) is 18.7 Å². The Bertz CT molecular complexity index is 680. The molecule has 2 amide bonds. The van der Waals surface area contributed by atoms with Crippen LogP contribution in [0.3, 0.4) is 0 Å². The fourth-order valence-electron chi connectivity index (χ4n) is 2.40. The lowest BCUT2D eigenvalue weighted by Crippen LogP contribution is -2.49. The molecule has 7 heteroatoms. The summed E-state index contributed by atoms with van der Waals surface area (Å²) in [6.45, 7) is 7.12. The number of carbonyl (C=O) groups excluding carboxylic acids is 2. The van der Waals surface area contributed by atoms with Crippen LogP contribution in [0.4, 0.5) is 0 Å². The van der Waals surface area contributed by atoms with Crippen LogP contribution in [0, 0.1) is 5.92 Å². The Balaban J connectivity index is 2.04. The summed E-state index contributed by atoms with van der Waals surface area (Å²) in [6.07, 6.45) is 3.10. The first kappa shape index (κ1) is 17.7. The van der Waals surface area contributed by atoms with Crippen LogP contribution in [0.15, 0.2) is 36.9 Å². The van der Waals surface area contributed by atoms with E-state index >= 15 is 0 Å². The average Bonchev–Trinajstić information content (AvgIpc) is 3.06. The van der Waals surface area contributed by atoms with Crippen LogP contribution in [-0.4, -0.2) is 32.6 Å². The predicted octanol–water partition coefficient (Wildman–Crippen LogP) is 1.61. The number of carbonyl (C=O) groups is 2. The zero-order chi connectivity index (χ0) is 17.7. The van der Waals surface area contributed by atoms with Crippen molar-refractivity contribution in [3.8, 4) is 5.69 Å². The Morgan fingerprint density at radius 2 is 1.75 bits per heavy atom. The van der Waals surface area contributed by atoms with E-state index < -0.39 is 6.04 Å². The molecule has 24 heavy (non-hydrogen) atoms. The van der Waals surface area contributed by atoms with E-state index in [0.29, 0.717) is 0 Å². The summed E-state index contributed by atoms with van der Waals surface area (Å²) in [5.41, 5.74) is 1.87. The minimum atomic E-state index is -0.542. The van der Waals surface area contributed by atoms with Gasteiger partial charge in [0.2, 0.25) is 11.8 Å². The Hall–Kier alpha value is -2.70. The predicted molar refractivity (Wildman–Crippen MR) is 90.4 cm³/mol. The lowest BCUT2D eigenvalue weighted by Gasteiger charge is -2.23. The molecule has 7 nitrogen and oxygen atoms in total. The molecule has 1 aromatic heterocycles. The van der Waals surface area contributed by atoms with Gasteiger partial charge in [-0.05, 0) is 30.5 Å². The molecule has 2 atom stereocenters. The van der Waals surface area contributed by atoms with E-state index in [0.717, 1.165) is 11.3 Å². The van der Waals surface area contributed by atoms with Gasteiger partial charge in [0.15, 0.2) is 0 Å². The molecule has 0 bridgehead atoms. The maximum Gasteiger partial charge on any atom is 0.243 e. The normalized spacial score (nSPS) is 13.4. The number of hydrogen-bond donors (Lipinski definition) is 2. The van der Waals surface area contributed by atoms with Crippen LogP contribution < -0.4 is 10.6 Å². The van der Waals surface area contributed by atoms with Gasteiger partial charge in [-0.3, -0.25) is 9.59 Å². The number of nitrogens with one attached hydrogen (secondary N) is 2. The van der Waals surface area contributed by atoms with Gasteiger partial charge in [0.25, 0.3) is 0 Å². The van der Waals surface area contributed by atoms with Crippen molar-refractivity contribution >= 4 is 11.8 Å². The van der Waals surface area contributed by atoms with E-state index in [1.807, 2.05) is 45.0 Å². The van der Waals surface area contributed by atoms with Gasteiger partial charge in [-0.15, -0.1) is 0 Å². The molecule has 2 aromatic rings. The molecule has 2 rings (SSSR count). The largest absolute Gasteiger partial charge is 0.348 e. The summed E-state index contributed by atoms with van der Waals surface area (Å²) >= 11 is 0. The van der Waals surface area contributed by atoms with E-state index in [9.17, 15) is 9.59 Å². The van der Waals surface area contributed by atoms with Crippen molar-refractivity contribution in [3.63, 3.8) is 0 Å². The Morgan fingerprint density at radius 3 is 2.25 bits per heavy atom. The summed E-state index contributed by atoms with van der Waals surface area (Å²) in [4.78, 5) is 27.6. The van der Waals surface area contributed by atoms with Crippen molar-refractivity contribution < 1.29 is 9.59 Å². The van der Waals surface area contributed by atoms with Gasteiger partial charge in [-0.2, -0.15) is 5.10 Å². The highest BCUT2D eigenvalue weighted by Gasteiger charge is 2.24. The Labute approximate surface area is 141 Å². The molecule has 0 aliphatic rings. The molecule has 2 N–H and O–H groups in total. The number of rotatable bonds is 6. The minimum Gasteiger partial charge on any atom is -0.348 e. The molecular weight excluding hydrogens is 306 g/mol. The van der Waals surface area contributed by atoms with Crippen LogP contribution >= 0.6 is 0 Å². The van der Waals surface area contributed by atoms with Crippen LogP contribution in [-0.2, 0) is 9.59 Å². The molecule has 2 unspecified atom stereocenters. The van der Waals surface area contributed by atoms with Gasteiger partial charge in [-0.25, -0.2) is 9.67 Å². The van der Waals surface area contributed by atoms with Crippen LogP contribution in [0.5, 0.6) is 0 Å². The molecule has 1 aromatic carbocycles. The van der Waals surface area contributed by atoms with Gasteiger partial charge in [0, 0.05) is 6.92 Å². The van der Waals surface area contributed by atoms with E-state index in [1.165, 1.54) is 13.3 Å². The molecule has 0 aliphatic heterocycles. The average molecular weight is 329 g/mol. The zero-order valence-corrected chi connectivity index (χ0v) is 14.4. The summed E-state index contributed by atoms with van der Waals surface area (Å²) in [7, 11) is 0. The monoisotopic (exact) mass is 329 g/mol. The highest BCUT2D eigenvalue weighted by molar-refractivity contribution is 5.87. The number of amides is 2. The third kappa shape index (κ3) is 4.41. The van der Waals surface area contributed by atoms with E-state index in [1.54, 1.807) is 11.0 Å². The third-order valence-corrected chi connectivity index (χ3v) is 3.74. The quantitative estimate of drug-likeness (QED) is 0.842. The van der Waals surface area contributed by atoms with Crippen LogP contribution in [0.1, 0.15) is 39.3 Å². The lowest BCUT2D eigenvalue weighted by molar-refractivity contribution is -0.129. The standard InChI is InChI=1S/C17H23N5O2/c1-11(2)16(21-13(4)23)17(24)20-12(3)14-5-7-15(8-6-14)22-10-18-9-19-22/h5-12,16H,1-4H3,(H,20,24)(H,21,23). The number of benzene rings is 1. The summed E-state index contributed by atoms with van der Waals surface area (Å²) in [5.74, 6) is -0.391. The second kappa shape index (κ2) is 7.72. The molecule has 0 fully saturated rings. The van der Waals surface area contributed by atoms with Gasteiger partial charge in [0.05, 0.1) is 11.7 Å². The molecule has 0 spiro atoms. The number of aromatic nitrogens is 3. The lowest BCUT2D eigenvalue weighted by atomic mass is 10.0. The SMILES string of the molecule is CC(=O)NC(C(=O)NC(C)c1ccc(-n2cncn2)cc1)C(C)C. The van der Waals surface area contributed by atoms with Crippen molar-refractivity contribution in [1.82, 2.24) is 25.4 Å². The maximum absolute atomic E-state index is 12.4. The molecule has 128 valence electrons. The molecule has 1 heterocycles. The number of nitrogens with zero attached hydrogens (tertiary/aromatic N) is 3. The summed E-state index contributed by atoms with van der Waals surface area (Å²) in [5, 5.41) is 9.72. The van der Waals surface area contributed by atoms with Crippen molar-refractivity contribution in [2.45, 2.75) is 39.8 Å². The highest BCUT2D eigenvalue weighted by atomic mass is 16.2. The van der Waals surface area contributed by atoms with E-state index in [-0.39, 0.29) is 23.8 Å². The molecular formula is C17H23N5O2. The minimum absolute atomic E-state index is 0.00999.